The molecule has 14 heteroatoms. The average molecular weight is 881 g/mol. The summed E-state index contributed by atoms with van der Waals surface area (Å²) in [7, 11) is 1.57. The highest BCUT2D eigenvalue weighted by molar-refractivity contribution is 6.04. The number of amides is 2. The van der Waals surface area contributed by atoms with Gasteiger partial charge in [-0.1, -0.05) is 114 Å². The molecule has 2 aliphatic heterocycles. The lowest BCUT2D eigenvalue weighted by molar-refractivity contribution is -0.197. The number of imidazole rings is 1. The number of rotatable bonds is 13. The van der Waals surface area contributed by atoms with Gasteiger partial charge in [0.1, 0.15) is 18.0 Å². The van der Waals surface area contributed by atoms with Crippen molar-refractivity contribution in [2.75, 3.05) is 36.1 Å². The van der Waals surface area contributed by atoms with Crippen LogP contribution >= 0.6 is 0 Å². The molecule has 0 radical (unpaired) electrons. The van der Waals surface area contributed by atoms with Crippen molar-refractivity contribution in [3.63, 3.8) is 0 Å². The van der Waals surface area contributed by atoms with Gasteiger partial charge in [-0.25, -0.2) is 4.98 Å². The van der Waals surface area contributed by atoms with E-state index in [9.17, 15) is 14.7 Å². The average Bonchev–Trinajstić information content (AvgIpc) is 3.94. The molecule has 2 aromatic heterocycles. The molecule has 0 aliphatic carbocycles. The second kappa shape index (κ2) is 17.9. The smallest absolute Gasteiger partial charge is 0.255 e. The first kappa shape index (κ1) is 45.2. The van der Waals surface area contributed by atoms with Crippen molar-refractivity contribution in [1.29, 1.82) is 0 Å². The third kappa shape index (κ3) is 9.70. The number of nitrogens with zero attached hydrogens (tertiary/aromatic N) is 4. The number of aromatic hydroxyl groups is 1. The second-order valence-electron chi connectivity index (χ2n) is 19.3. The minimum absolute atomic E-state index is 0.00943. The molecule has 5 N–H and O–H groups in total. The van der Waals surface area contributed by atoms with Crippen LogP contribution in [0.4, 0.5) is 17.5 Å². The number of benzene rings is 4. The molecule has 340 valence electrons. The lowest BCUT2D eigenvalue weighted by Crippen LogP contribution is -2.41. The summed E-state index contributed by atoms with van der Waals surface area (Å²) >= 11 is 0. The van der Waals surface area contributed by atoms with Gasteiger partial charge in [-0.05, 0) is 72.1 Å². The zero-order valence-corrected chi connectivity index (χ0v) is 38.6. The number of hydrogen-bond acceptors (Lipinski definition) is 11. The van der Waals surface area contributed by atoms with Crippen LogP contribution in [0.25, 0.3) is 11.2 Å². The van der Waals surface area contributed by atoms with Crippen molar-refractivity contribution in [2.45, 2.75) is 109 Å². The summed E-state index contributed by atoms with van der Waals surface area (Å²) < 4.78 is 20.7. The van der Waals surface area contributed by atoms with Gasteiger partial charge in [-0.3, -0.25) is 14.2 Å². The Balaban J connectivity index is 1.03. The van der Waals surface area contributed by atoms with E-state index in [0.29, 0.717) is 53.7 Å². The molecule has 0 bridgehead atoms. The quantitative estimate of drug-likeness (QED) is 0.0754. The van der Waals surface area contributed by atoms with Gasteiger partial charge < -0.3 is 40.6 Å². The van der Waals surface area contributed by atoms with Gasteiger partial charge in [-0.15, -0.1) is 0 Å². The number of phenols is 1. The van der Waals surface area contributed by atoms with Gasteiger partial charge in [0.15, 0.2) is 35.1 Å². The fraction of sp³-hybridized carbons (Fsp3) is 0.392. The van der Waals surface area contributed by atoms with E-state index in [2.05, 4.69) is 45.5 Å². The fourth-order valence-electron chi connectivity index (χ4n) is 8.64. The first-order valence-corrected chi connectivity index (χ1v) is 22.2. The first-order chi connectivity index (χ1) is 30.9. The van der Waals surface area contributed by atoms with Crippen molar-refractivity contribution < 1.29 is 28.9 Å². The molecule has 2 amide bonds. The Hall–Kier alpha value is -6.35. The Morgan fingerprint density at radius 1 is 0.815 bits per heavy atom. The number of phenolic OH excluding ortho intramolecular Hbond substituents is 1. The predicted molar refractivity (Wildman–Crippen MR) is 252 cm³/mol. The number of carbonyl (C=O) groups excluding carboxylic acids is 2. The van der Waals surface area contributed by atoms with Gasteiger partial charge in [0.2, 0.25) is 5.95 Å². The largest absolute Gasteiger partial charge is 0.507 e. The monoisotopic (exact) mass is 880 g/mol. The Morgan fingerprint density at radius 3 is 2.00 bits per heavy atom. The van der Waals surface area contributed by atoms with Gasteiger partial charge >= 0.3 is 0 Å². The minimum Gasteiger partial charge on any atom is -0.507 e. The van der Waals surface area contributed by atoms with E-state index in [4.69, 9.17) is 29.2 Å². The van der Waals surface area contributed by atoms with Crippen LogP contribution in [0.5, 0.6) is 5.75 Å². The second-order valence-corrected chi connectivity index (χ2v) is 19.3. The van der Waals surface area contributed by atoms with Crippen LogP contribution in [0.1, 0.15) is 106 Å². The van der Waals surface area contributed by atoms with Gasteiger partial charge in [-0.2, -0.15) is 9.97 Å². The molecular weight excluding hydrogens is 821 g/mol. The maximum absolute atomic E-state index is 13.6. The Kier molecular flexibility index (Phi) is 12.5. The molecule has 2 fully saturated rings. The molecule has 65 heavy (non-hydrogen) atoms. The molecule has 4 aromatic carbocycles. The maximum Gasteiger partial charge on any atom is 0.255 e. The number of nitrogens with one attached hydrogen (secondary N) is 4. The first-order valence-electron chi connectivity index (χ1n) is 22.2. The van der Waals surface area contributed by atoms with Crippen LogP contribution in [-0.2, 0) is 36.3 Å². The fourth-order valence-corrected chi connectivity index (χ4v) is 8.64. The number of hydrogen-bond donors (Lipinski definition) is 5. The highest BCUT2D eigenvalue weighted by atomic mass is 16.8. The molecule has 4 atom stereocenters. The maximum atomic E-state index is 13.6. The van der Waals surface area contributed by atoms with Crippen molar-refractivity contribution in [2.24, 2.45) is 0 Å². The minimum atomic E-state index is -0.929. The summed E-state index contributed by atoms with van der Waals surface area (Å²) in [6, 6.07) is 32.0. The molecule has 0 saturated carbocycles. The Bertz CT molecular complexity index is 2580. The van der Waals surface area contributed by atoms with E-state index >= 15 is 0 Å². The molecule has 6 aromatic rings. The van der Waals surface area contributed by atoms with E-state index in [1.807, 2.05) is 116 Å². The van der Waals surface area contributed by atoms with E-state index in [-0.39, 0.29) is 34.3 Å². The SMILES string of the molecule is CNC(=O)[C@H]1O[C@@H](n2cnc3c(NCC(c4ccccc4)c4ccccc4)nc(NCCc4ccc(NC(=O)c5cc(C(C)(C)C)c(O)c(C(C)(C)C)c5)cc4)nc32)[C@@H]2OC(C)(C)O[C@@H]21. The lowest BCUT2D eigenvalue weighted by atomic mass is 9.78. The van der Waals surface area contributed by atoms with Crippen molar-refractivity contribution in [3.8, 4) is 5.75 Å². The highest BCUT2D eigenvalue weighted by Gasteiger charge is 2.58. The van der Waals surface area contributed by atoms with Gasteiger partial charge in [0.05, 0.1) is 6.33 Å². The van der Waals surface area contributed by atoms with Crippen LogP contribution in [0.2, 0.25) is 0 Å². The van der Waals surface area contributed by atoms with Crippen molar-refractivity contribution >= 4 is 40.4 Å². The number of anilines is 3. The molecule has 8 rings (SSSR count). The third-order valence-corrected chi connectivity index (χ3v) is 12.0. The molecule has 14 nitrogen and oxygen atoms in total. The molecule has 0 unspecified atom stereocenters. The topological polar surface area (TPSA) is 174 Å². The molecular formula is C51H60N8O6. The number of likely N-dealkylation sites (N-methyl/N-ethyl adjacent to an activating group) is 1. The van der Waals surface area contributed by atoms with E-state index in [1.165, 1.54) is 0 Å². The van der Waals surface area contributed by atoms with E-state index in [0.717, 1.165) is 27.8 Å². The predicted octanol–water partition coefficient (Wildman–Crippen LogP) is 8.44. The summed E-state index contributed by atoms with van der Waals surface area (Å²) in [5.41, 5.74) is 6.27. The van der Waals surface area contributed by atoms with Crippen LogP contribution in [0, 0.1) is 0 Å². The number of carbonyl (C=O) groups is 2. The summed E-state index contributed by atoms with van der Waals surface area (Å²) in [5.74, 6) is -0.330. The normalized spacial score (nSPS) is 19.3. The van der Waals surface area contributed by atoms with Crippen LogP contribution in [0.15, 0.2) is 103 Å². The zero-order valence-electron chi connectivity index (χ0n) is 38.6. The standard InChI is InChI=1S/C51H60N8O6/c1-49(2,3)36-26-33(27-37(39(36)60)50(4,5)6)45(61)56-34-22-20-30(21-23-34)24-25-53-48-57-43(54-28-35(31-16-12-10-13-17-31)32-18-14-11-15-19-32)38-44(58-48)59(29-55-38)47-42-40(64-51(7,8)65-42)41(63-47)46(62)52-9/h10-23,26-27,29,35,40-42,47,60H,24-25,28H2,1-9H3,(H,52,62)(H,56,61)(H2,53,54,57,58)/t40-,41+,42-,47-/m1/s1. The number of ether oxygens (including phenoxy) is 3. The lowest BCUT2D eigenvalue weighted by Gasteiger charge is -2.28. The van der Waals surface area contributed by atoms with Crippen molar-refractivity contribution in [3.05, 3.63) is 137 Å². The van der Waals surface area contributed by atoms with Crippen LogP contribution < -0.4 is 21.3 Å². The van der Waals surface area contributed by atoms with Gasteiger partial charge in [0, 0.05) is 48.4 Å². The Labute approximate surface area is 380 Å². The highest BCUT2D eigenvalue weighted by Crippen LogP contribution is 2.44. The molecule has 4 heterocycles. The van der Waals surface area contributed by atoms with Crippen LogP contribution in [0.3, 0.4) is 0 Å². The molecule has 2 aliphatic rings. The summed E-state index contributed by atoms with van der Waals surface area (Å²) in [4.78, 5) is 41.4. The summed E-state index contributed by atoms with van der Waals surface area (Å²) in [5, 5.41) is 23.9. The van der Waals surface area contributed by atoms with Crippen molar-refractivity contribution in [1.82, 2.24) is 24.8 Å². The number of fused-ring (bicyclic) bond motifs is 2. The molecule has 2 saturated heterocycles. The Morgan fingerprint density at radius 2 is 1.42 bits per heavy atom. The van der Waals surface area contributed by atoms with E-state index < -0.39 is 30.3 Å². The number of aromatic nitrogens is 4. The van der Waals surface area contributed by atoms with Crippen LogP contribution in [-0.4, -0.2) is 80.7 Å². The molecule has 0 spiro atoms. The summed E-state index contributed by atoms with van der Waals surface area (Å²) in [6.07, 6.45) is -0.634. The van der Waals surface area contributed by atoms with Gasteiger partial charge in [0.25, 0.3) is 11.8 Å². The zero-order chi connectivity index (χ0) is 46.3. The van der Waals surface area contributed by atoms with E-state index in [1.54, 1.807) is 30.1 Å². The summed E-state index contributed by atoms with van der Waals surface area (Å²) in [6.45, 7) is 16.8. The third-order valence-electron chi connectivity index (χ3n) is 12.0.